The van der Waals surface area contributed by atoms with Gasteiger partial charge in [0.2, 0.25) is 0 Å². The summed E-state index contributed by atoms with van der Waals surface area (Å²) in [5.41, 5.74) is 2.06. The van der Waals surface area contributed by atoms with Crippen molar-refractivity contribution >= 4 is 11.3 Å². The number of nitrogens with zero attached hydrogens (tertiary/aromatic N) is 1. The van der Waals surface area contributed by atoms with Crippen LogP contribution in [0.4, 0.5) is 0 Å². The normalized spacial score (nSPS) is 25.1. The minimum absolute atomic E-state index is 0.251. The number of rotatable bonds is 2. The molecule has 0 saturated carbocycles. The summed E-state index contributed by atoms with van der Waals surface area (Å²) in [6.45, 7) is 7.14. The topological polar surface area (TPSA) is 34.2 Å². The lowest BCUT2D eigenvalue weighted by Gasteiger charge is -2.42. The molecule has 0 spiro atoms. The lowest BCUT2D eigenvalue weighted by molar-refractivity contribution is 0.146. The van der Waals surface area contributed by atoms with E-state index < -0.39 is 0 Å². The van der Waals surface area contributed by atoms with Crippen LogP contribution in [-0.2, 0) is 5.54 Å². The molecule has 0 aliphatic carbocycles. The summed E-state index contributed by atoms with van der Waals surface area (Å²) in [5, 5.41) is 4.69. The van der Waals surface area contributed by atoms with Gasteiger partial charge in [0, 0.05) is 16.4 Å². The van der Waals surface area contributed by atoms with Crippen LogP contribution in [0.15, 0.2) is 24.3 Å². The minimum Gasteiger partial charge on any atom is -0.493 e. The monoisotopic (exact) mass is 288 g/mol. The molecule has 20 heavy (non-hydrogen) atoms. The molecular formula is C16H20N2OS. The molecule has 1 aromatic carbocycles. The molecule has 3 nitrogen and oxygen atoms in total. The number of aromatic nitrogens is 1. The van der Waals surface area contributed by atoms with Crippen LogP contribution in [0.3, 0.4) is 0 Å². The van der Waals surface area contributed by atoms with Crippen molar-refractivity contribution < 1.29 is 4.74 Å². The third-order valence-electron chi connectivity index (χ3n) is 4.30. The molecule has 0 bridgehead atoms. The maximum absolute atomic E-state index is 5.89. The van der Waals surface area contributed by atoms with Gasteiger partial charge >= 0.3 is 0 Å². The Kier molecular flexibility index (Phi) is 3.30. The van der Waals surface area contributed by atoms with Gasteiger partial charge in [-0.3, -0.25) is 0 Å². The lowest BCUT2D eigenvalue weighted by atomic mass is 9.77. The summed E-state index contributed by atoms with van der Waals surface area (Å²) in [7, 11) is 2.02. The molecule has 1 N–H and O–H groups in total. The number of fused-ring (bicyclic) bond motifs is 1. The van der Waals surface area contributed by atoms with Crippen LogP contribution in [0.25, 0.3) is 0 Å². The maximum atomic E-state index is 5.89. The van der Waals surface area contributed by atoms with Gasteiger partial charge in [0.15, 0.2) is 0 Å². The first-order chi connectivity index (χ1) is 9.59. The van der Waals surface area contributed by atoms with Crippen LogP contribution >= 0.6 is 11.3 Å². The molecule has 0 amide bonds. The zero-order valence-electron chi connectivity index (χ0n) is 12.4. The van der Waals surface area contributed by atoms with E-state index in [-0.39, 0.29) is 5.54 Å². The van der Waals surface area contributed by atoms with Crippen molar-refractivity contribution in [1.29, 1.82) is 0 Å². The highest BCUT2D eigenvalue weighted by Crippen LogP contribution is 2.46. The van der Waals surface area contributed by atoms with E-state index in [1.165, 1.54) is 10.4 Å². The van der Waals surface area contributed by atoms with Crippen LogP contribution < -0.4 is 10.1 Å². The van der Waals surface area contributed by atoms with Gasteiger partial charge < -0.3 is 10.1 Å². The van der Waals surface area contributed by atoms with Gasteiger partial charge in [-0.05, 0) is 27.0 Å². The first kappa shape index (κ1) is 13.6. The molecule has 3 rings (SSSR count). The predicted octanol–water partition coefficient (Wildman–Crippen LogP) is 3.25. The second-order valence-electron chi connectivity index (χ2n) is 5.43. The van der Waals surface area contributed by atoms with Gasteiger partial charge in [0.25, 0.3) is 0 Å². The van der Waals surface area contributed by atoms with Crippen molar-refractivity contribution in [1.82, 2.24) is 10.3 Å². The van der Waals surface area contributed by atoms with Gasteiger partial charge in [-0.2, -0.15) is 0 Å². The van der Waals surface area contributed by atoms with E-state index in [0.29, 0.717) is 12.5 Å². The number of hydrogen-bond donors (Lipinski definition) is 1. The molecule has 2 aromatic rings. The minimum atomic E-state index is -0.251. The average molecular weight is 288 g/mol. The summed E-state index contributed by atoms with van der Waals surface area (Å²) in [4.78, 5) is 6.11. The zero-order valence-corrected chi connectivity index (χ0v) is 13.2. The number of ether oxygens (including phenoxy) is 1. The van der Waals surface area contributed by atoms with E-state index in [4.69, 9.17) is 9.72 Å². The largest absolute Gasteiger partial charge is 0.493 e. The number of benzene rings is 1. The van der Waals surface area contributed by atoms with Gasteiger partial charge in [-0.25, -0.2) is 4.98 Å². The molecule has 1 aliphatic heterocycles. The second-order valence-corrected chi connectivity index (χ2v) is 6.63. The molecule has 1 aliphatic rings. The molecule has 2 atom stereocenters. The van der Waals surface area contributed by atoms with Crippen LogP contribution in [0.5, 0.6) is 5.75 Å². The van der Waals surface area contributed by atoms with Crippen molar-refractivity contribution in [2.75, 3.05) is 13.7 Å². The quantitative estimate of drug-likeness (QED) is 0.921. The molecule has 0 radical (unpaired) electrons. The van der Waals surface area contributed by atoms with E-state index in [2.05, 4.69) is 38.2 Å². The second kappa shape index (κ2) is 4.86. The summed E-state index contributed by atoms with van der Waals surface area (Å²) in [5.74, 6) is 1.29. The summed E-state index contributed by atoms with van der Waals surface area (Å²) < 4.78 is 5.89. The van der Waals surface area contributed by atoms with E-state index in [9.17, 15) is 0 Å². The number of nitrogens with one attached hydrogen (secondary N) is 1. The van der Waals surface area contributed by atoms with Gasteiger partial charge in [-0.15, -0.1) is 11.3 Å². The van der Waals surface area contributed by atoms with E-state index in [1.807, 2.05) is 19.2 Å². The maximum Gasteiger partial charge on any atom is 0.124 e. The highest BCUT2D eigenvalue weighted by Gasteiger charge is 2.46. The van der Waals surface area contributed by atoms with Gasteiger partial charge in [-0.1, -0.05) is 25.1 Å². The highest BCUT2D eigenvalue weighted by molar-refractivity contribution is 7.11. The van der Waals surface area contributed by atoms with E-state index >= 15 is 0 Å². The number of hydrogen-bond acceptors (Lipinski definition) is 4. The molecule has 1 aromatic heterocycles. The molecular weight excluding hydrogens is 268 g/mol. The molecule has 2 heterocycles. The predicted molar refractivity (Wildman–Crippen MR) is 82.5 cm³/mol. The van der Waals surface area contributed by atoms with Crippen molar-refractivity contribution in [3.05, 3.63) is 45.4 Å². The fourth-order valence-corrected chi connectivity index (χ4v) is 4.22. The molecule has 4 heteroatoms. The molecule has 2 unspecified atom stereocenters. The van der Waals surface area contributed by atoms with Crippen molar-refractivity contribution in [2.45, 2.75) is 26.3 Å². The fourth-order valence-electron chi connectivity index (χ4n) is 2.98. The van der Waals surface area contributed by atoms with Crippen molar-refractivity contribution in [2.24, 2.45) is 5.92 Å². The summed E-state index contributed by atoms with van der Waals surface area (Å²) in [6.07, 6.45) is 0. The van der Waals surface area contributed by atoms with Crippen LogP contribution in [0.2, 0.25) is 0 Å². The van der Waals surface area contributed by atoms with Gasteiger partial charge in [0.1, 0.15) is 16.3 Å². The van der Waals surface area contributed by atoms with Gasteiger partial charge in [0.05, 0.1) is 12.3 Å². The lowest BCUT2D eigenvalue weighted by Crippen LogP contribution is -2.51. The van der Waals surface area contributed by atoms with Crippen LogP contribution in [-0.4, -0.2) is 18.6 Å². The van der Waals surface area contributed by atoms with Crippen LogP contribution in [0, 0.1) is 19.8 Å². The molecule has 0 fully saturated rings. The first-order valence-electron chi connectivity index (χ1n) is 6.95. The number of aryl methyl sites for hydroxylation is 2. The Morgan fingerprint density at radius 2 is 2.10 bits per heavy atom. The Hall–Kier alpha value is -1.39. The standard InChI is InChI=1S/C16H20N2OS/c1-10-9-19-14-8-6-5-7-13(14)16(10,17-4)15-18-11(2)12(3)20-15/h5-8,10,17H,9H2,1-4H3. The highest BCUT2D eigenvalue weighted by atomic mass is 32.1. The summed E-state index contributed by atoms with van der Waals surface area (Å²) >= 11 is 1.78. The Morgan fingerprint density at radius 1 is 1.35 bits per heavy atom. The average Bonchev–Trinajstić information content (AvgIpc) is 2.79. The van der Waals surface area contributed by atoms with Crippen molar-refractivity contribution in [3.63, 3.8) is 0 Å². The third-order valence-corrected chi connectivity index (χ3v) is 5.51. The first-order valence-corrected chi connectivity index (χ1v) is 7.77. The van der Waals surface area contributed by atoms with Crippen molar-refractivity contribution in [3.8, 4) is 5.75 Å². The van der Waals surface area contributed by atoms with E-state index in [0.717, 1.165) is 16.5 Å². The van der Waals surface area contributed by atoms with Crippen LogP contribution in [0.1, 0.15) is 28.1 Å². The third kappa shape index (κ3) is 1.79. The Balaban J connectivity index is 2.25. The SMILES string of the molecule is CNC1(c2nc(C)c(C)s2)c2ccccc2OCC1C. The summed E-state index contributed by atoms with van der Waals surface area (Å²) in [6, 6.07) is 8.28. The van der Waals surface area contributed by atoms with E-state index in [1.54, 1.807) is 11.3 Å². The smallest absolute Gasteiger partial charge is 0.124 e. The number of para-hydroxylation sites is 1. The fraction of sp³-hybridized carbons (Fsp3) is 0.438. The Morgan fingerprint density at radius 3 is 2.75 bits per heavy atom. The Bertz CT molecular complexity index is 618. The molecule has 106 valence electrons. The Labute approximate surface area is 124 Å². The zero-order chi connectivity index (χ0) is 14.3. The number of thiazole rings is 1. The molecule has 0 saturated heterocycles.